The summed E-state index contributed by atoms with van der Waals surface area (Å²) in [5, 5.41) is 3.46. The smallest absolute Gasteiger partial charge is 0.248 e. The lowest BCUT2D eigenvalue weighted by Gasteiger charge is -2.44. The first-order chi connectivity index (χ1) is 11.1. The predicted molar refractivity (Wildman–Crippen MR) is 93.6 cm³/mol. The second-order valence-corrected chi connectivity index (χ2v) is 6.45. The number of nitrogens with two attached hydrogens (primary N) is 1. The van der Waals surface area contributed by atoms with Crippen molar-refractivity contribution in [1.29, 1.82) is 0 Å². The summed E-state index contributed by atoms with van der Waals surface area (Å²) in [4.78, 5) is 11.9. The highest BCUT2D eigenvalue weighted by Gasteiger charge is 2.40. The monoisotopic (exact) mass is 308 g/mol. The summed E-state index contributed by atoms with van der Waals surface area (Å²) >= 11 is 0. The van der Waals surface area contributed by atoms with Gasteiger partial charge in [-0.3, -0.25) is 4.79 Å². The minimum Gasteiger partial charge on any atom is -0.366 e. The molecule has 23 heavy (non-hydrogen) atoms. The highest BCUT2D eigenvalue weighted by Crippen LogP contribution is 2.46. The Morgan fingerprint density at radius 3 is 2.30 bits per heavy atom. The first-order valence-corrected chi connectivity index (χ1v) is 8.30. The van der Waals surface area contributed by atoms with Crippen LogP contribution in [-0.2, 0) is 5.41 Å². The van der Waals surface area contributed by atoms with E-state index in [4.69, 9.17) is 5.73 Å². The summed E-state index contributed by atoms with van der Waals surface area (Å²) in [7, 11) is 0. The van der Waals surface area contributed by atoms with E-state index in [1.165, 1.54) is 5.56 Å². The maximum atomic E-state index is 11.9. The van der Waals surface area contributed by atoms with Crippen molar-refractivity contribution in [2.45, 2.75) is 31.1 Å². The molecule has 2 aromatic carbocycles. The lowest BCUT2D eigenvalue weighted by molar-refractivity contribution is 0.0998. The topological polar surface area (TPSA) is 55.1 Å². The molecular formula is C20H24N2O. The van der Waals surface area contributed by atoms with Crippen molar-refractivity contribution in [3.8, 4) is 0 Å². The number of hydrogen-bond acceptors (Lipinski definition) is 2. The Bertz CT molecular complexity index is 675. The van der Waals surface area contributed by atoms with E-state index in [1.54, 1.807) is 0 Å². The molecule has 0 aromatic heterocycles. The largest absolute Gasteiger partial charge is 0.366 e. The standard InChI is InChI=1S/C20H24N2O/c1-15(17-9-5-6-10-18(17)19(21)23)20(11-13-22-14-12-20)16-7-3-2-4-8-16/h2-10,15,22H,11-14H2,1H3,(H2,21,23). The molecule has 1 saturated heterocycles. The third kappa shape index (κ3) is 2.89. The number of benzene rings is 2. The Labute approximate surface area is 137 Å². The van der Waals surface area contributed by atoms with Crippen molar-refractivity contribution in [1.82, 2.24) is 5.32 Å². The zero-order valence-corrected chi connectivity index (χ0v) is 13.6. The molecule has 1 fully saturated rings. The average molecular weight is 308 g/mol. The van der Waals surface area contributed by atoms with E-state index in [2.05, 4.69) is 48.6 Å². The molecule has 1 atom stereocenters. The summed E-state index contributed by atoms with van der Waals surface area (Å²) in [6, 6.07) is 18.5. The molecular weight excluding hydrogens is 284 g/mol. The Kier molecular flexibility index (Phi) is 4.49. The number of rotatable bonds is 4. The average Bonchev–Trinajstić information content (AvgIpc) is 2.62. The van der Waals surface area contributed by atoms with E-state index in [1.807, 2.05) is 18.2 Å². The molecule has 1 unspecified atom stereocenters. The SMILES string of the molecule is CC(c1ccccc1C(N)=O)C1(c2ccccc2)CCNCC1. The molecule has 0 aliphatic carbocycles. The highest BCUT2D eigenvalue weighted by atomic mass is 16.1. The molecule has 3 N–H and O–H groups in total. The second-order valence-electron chi connectivity index (χ2n) is 6.45. The molecule has 3 rings (SSSR count). The molecule has 2 aromatic rings. The van der Waals surface area contributed by atoms with Crippen molar-refractivity contribution in [2.75, 3.05) is 13.1 Å². The van der Waals surface area contributed by atoms with Gasteiger partial charge >= 0.3 is 0 Å². The predicted octanol–water partition coefficient (Wildman–Crippen LogP) is 3.21. The molecule has 1 aliphatic rings. The molecule has 120 valence electrons. The van der Waals surface area contributed by atoms with E-state index in [-0.39, 0.29) is 17.2 Å². The third-order valence-corrected chi connectivity index (χ3v) is 5.37. The van der Waals surface area contributed by atoms with Crippen LogP contribution in [0.2, 0.25) is 0 Å². The van der Waals surface area contributed by atoms with E-state index >= 15 is 0 Å². The summed E-state index contributed by atoms with van der Waals surface area (Å²) < 4.78 is 0. The minimum absolute atomic E-state index is 0.0397. The van der Waals surface area contributed by atoms with Gasteiger partial charge in [-0.25, -0.2) is 0 Å². The summed E-state index contributed by atoms with van der Waals surface area (Å²) in [5.74, 6) is -0.111. The van der Waals surface area contributed by atoms with Crippen LogP contribution in [0.5, 0.6) is 0 Å². The van der Waals surface area contributed by atoms with Crippen LogP contribution in [0.3, 0.4) is 0 Å². The molecule has 1 heterocycles. The van der Waals surface area contributed by atoms with Crippen LogP contribution in [0.15, 0.2) is 54.6 Å². The zero-order valence-electron chi connectivity index (χ0n) is 13.6. The minimum atomic E-state index is -0.343. The van der Waals surface area contributed by atoms with Crippen LogP contribution in [0.4, 0.5) is 0 Å². The summed E-state index contributed by atoms with van der Waals surface area (Å²) in [6.07, 6.45) is 2.12. The van der Waals surface area contributed by atoms with E-state index in [0.29, 0.717) is 5.56 Å². The normalized spacial score (nSPS) is 18.3. The van der Waals surface area contributed by atoms with Crippen molar-refractivity contribution in [3.05, 3.63) is 71.3 Å². The third-order valence-electron chi connectivity index (χ3n) is 5.37. The number of hydrogen-bond donors (Lipinski definition) is 2. The highest BCUT2D eigenvalue weighted by molar-refractivity contribution is 5.94. The van der Waals surface area contributed by atoms with Crippen LogP contribution < -0.4 is 11.1 Å². The van der Waals surface area contributed by atoms with Crippen LogP contribution in [0, 0.1) is 0 Å². The van der Waals surface area contributed by atoms with Crippen molar-refractivity contribution in [3.63, 3.8) is 0 Å². The Morgan fingerprint density at radius 1 is 1.04 bits per heavy atom. The summed E-state index contributed by atoms with van der Waals surface area (Å²) in [5.41, 5.74) is 8.72. The quantitative estimate of drug-likeness (QED) is 0.911. The lowest BCUT2D eigenvalue weighted by atomic mass is 9.63. The number of piperidine rings is 1. The molecule has 3 heteroatoms. The van der Waals surface area contributed by atoms with Crippen LogP contribution in [0.25, 0.3) is 0 Å². The first-order valence-electron chi connectivity index (χ1n) is 8.30. The van der Waals surface area contributed by atoms with Gasteiger partial charge in [0.2, 0.25) is 5.91 Å². The number of amides is 1. The molecule has 0 spiro atoms. The maximum absolute atomic E-state index is 11.9. The number of nitrogens with one attached hydrogen (secondary N) is 1. The lowest BCUT2D eigenvalue weighted by Crippen LogP contribution is -2.43. The van der Waals surface area contributed by atoms with Gasteiger partial charge in [-0.1, -0.05) is 55.5 Å². The first kappa shape index (κ1) is 15.8. The van der Waals surface area contributed by atoms with Gasteiger partial charge in [0.25, 0.3) is 0 Å². The Balaban J connectivity index is 2.09. The van der Waals surface area contributed by atoms with Crippen LogP contribution >= 0.6 is 0 Å². The molecule has 0 bridgehead atoms. The molecule has 1 aliphatic heterocycles. The number of carbonyl (C=O) groups excluding carboxylic acids is 1. The van der Waals surface area contributed by atoms with Gasteiger partial charge < -0.3 is 11.1 Å². The zero-order chi connectivity index (χ0) is 16.3. The van der Waals surface area contributed by atoms with Gasteiger partial charge in [0, 0.05) is 11.0 Å². The van der Waals surface area contributed by atoms with Gasteiger partial charge in [-0.15, -0.1) is 0 Å². The molecule has 1 amide bonds. The van der Waals surface area contributed by atoms with Gasteiger partial charge in [0.05, 0.1) is 0 Å². The van der Waals surface area contributed by atoms with Crippen molar-refractivity contribution < 1.29 is 4.79 Å². The fraction of sp³-hybridized carbons (Fsp3) is 0.350. The molecule has 3 nitrogen and oxygen atoms in total. The van der Waals surface area contributed by atoms with Gasteiger partial charge in [-0.2, -0.15) is 0 Å². The molecule has 0 radical (unpaired) electrons. The Hall–Kier alpha value is -2.13. The Morgan fingerprint density at radius 2 is 1.65 bits per heavy atom. The van der Waals surface area contributed by atoms with Gasteiger partial charge in [0.15, 0.2) is 0 Å². The molecule has 0 saturated carbocycles. The fourth-order valence-corrected chi connectivity index (χ4v) is 4.01. The van der Waals surface area contributed by atoms with E-state index < -0.39 is 0 Å². The fourth-order valence-electron chi connectivity index (χ4n) is 4.01. The van der Waals surface area contributed by atoms with Gasteiger partial charge in [0.1, 0.15) is 0 Å². The number of primary amides is 1. The van der Waals surface area contributed by atoms with Gasteiger partial charge in [-0.05, 0) is 49.0 Å². The van der Waals surface area contributed by atoms with Crippen molar-refractivity contribution in [2.24, 2.45) is 5.73 Å². The van der Waals surface area contributed by atoms with E-state index in [9.17, 15) is 4.79 Å². The number of carbonyl (C=O) groups is 1. The second kappa shape index (κ2) is 6.55. The summed E-state index contributed by atoms with van der Waals surface area (Å²) in [6.45, 7) is 4.23. The van der Waals surface area contributed by atoms with Crippen LogP contribution in [-0.4, -0.2) is 19.0 Å². The maximum Gasteiger partial charge on any atom is 0.248 e. The van der Waals surface area contributed by atoms with E-state index in [0.717, 1.165) is 31.5 Å². The van der Waals surface area contributed by atoms with Crippen molar-refractivity contribution >= 4 is 5.91 Å². The van der Waals surface area contributed by atoms with Crippen LogP contribution in [0.1, 0.15) is 47.2 Å².